The molecule has 0 radical (unpaired) electrons. The summed E-state index contributed by atoms with van der Waals surface area (Å²) in [4.78, 5) is 15.0. The zero-order valence-electron chi connectivity index (χ0n) is 16.6. The number of benzene rings is 2. The first-order chi connectivity index (χ1) is 13.8. The molecule has 0 bridgehead atoms. The Morgan fingerprint density at radius 1 is 1.03 bits per heavy atom. The number of nitrogens with zero attached hydrogens (tertiary/aromatic N) is 2. The molecule has 0 atom stereocenters. The molecule has 1 fully saturated rings. The molecule has 8 heteroatoms. The molecule has 2 aromatic carbocycles. The summed E-state index contributed by atoms with van der Waals surface area (Å²) in [6.07, 6.45) is 0.400. The van der Waals surface area contributed by atoms with Crippen molar-refractivity contribution in [1.29, 1.82) is 0 Å². The van der Waals surface area contributed by atoms with Gasteiger partial charge in [0.05, 0.1) is 0 Å². The van der Waals surface area contributed by atoms with Gasteiger partial charge in [0.15, 0.2) is 0 Å². The lowest BCUT2D eigenvalue weighted by Crippen LogP contribution is -2.50. The van der Waals surface area contributed by atoms with E-state index in [0.29, 0.717) is 25.3 Å². The first kappa shape index (κ1) is 21.8. The van der Waals surface area contributed by atoms with Gasteiger partial charge in [0.2, 0.25) is 15.9 Å². The molecular formula is C21H25FN2O3S2. The van der Waals surface area contributed by atoms with Crippen molar-refractivity contribution in [2.24, 2.45) is 0 Å². The van der Waals surface area contributed by atoms with Crippen LogP contribution in [0.4, 0.5) is 4.39 Å². The van der Waals surface area contributed by atoms with Crippen LogP contribution in [0.1, 0.15) is 17.5 Å². The topological polar surface area (TPSA) is 57.7 Å². The van der Waals surface area contributed by atoms with Crippen molar-refractivity contribution in [2.45, 2.75) is 30.1 Å². The van der Waals surface area contributed by atoms with E-state index in [1.807, 2.05) is 0 Å². The molecule has 0 aromatic heterocycles. The van der Waals surface area contributed by atoms with E-state index >= 15 is 0 Å². The van der Waals surface area contributed by atoms with E-state index in [4.69, 9.17) is 0 Å². The molecule has 0 unspecified atom stereocenters. The molecule has 0 aliphatic carbocycles. The fraction of sp³-hybridized carbons (Fsp3) is 0.381. The highest BCUT2D eigenvalue weighted by atomic mass is 32.2. The SMILES string of the molecule is Cc1ccc(SCCC(=O)N2CCN(S(=O)(=O)c3ccccc3F)CC2)cc1C. The van der Waals surface area contributed by atoms with Gasteiger partial charge in [-0.2, -0.15) is 4.31 Å². The Morgan fingerprint density at radius 3 is 2.38 bits per heavy atom. The van der Waals surface area contributed by atoms with Gasteiger partial charge in [-0.1, -0.05) is 18.2 Å². The highest BCUT2D eigenvalue weighted by Crippen LogP contribution is 2.23. The van der Waals surface area contributed by atoms with Crippen molar-refractivity contribution in [2.75, 3.05) is 31.9 Å². The lowest BCUT2D eigenvalue weighted by atomic mass is 10.1. The van der Waals surface area contributed by atoms with E-state index in [2.05, 4.69) is 32.0 Å². The smallest absolute Gasteiger partial charge is 0.246 e. The second-order valence-electron chi connectivity index (χ2n) is 7.06. The summed E-state index contributed by atoms with van der Waals surface area (Å²) in [5, 5.41) is 0. The predicted octanol–water partition coefficient (Wildman–Crippen LogP) is 3.46. The van der Waals surface area contributed by atoms with Crippen molar-refractivity contribution < 1.29 is 17.6 Å². The van der Waals surface area contributed by atoms with Gasteiger partial charge in [0, 0.05) is 43.2 Å². The zero-order chi connectivity index (χ0) is 21.0. The summed E-state index contributed by atoms with van der Waals surface area (Å²) in [7, 11) is -3.89. The van der Waals surface area contributed by atoms with Crippen LogP contribution in [-0.2, 0) is 14.8 Å². The third-order valence-corrected chi connectivity index (χ3v) is 8.04. The molecule has 2 aromatic rings. The molecule has 0 spiro atoms. The minimum atomic E-state index is -3.89. The second kappa shape index (κ2) is 9.28. The molecule has 1 aliphatic rings. The molecule has 0 N–H and O–H groups in total. The number of hydrogen-bond acceptors (Lipinski definition) is 4. The molecule has 1 aliphatic heterocycles. The summed E-state index contributed by atoms with van der Waals surface area (Å²) in [5.41, 5.74) is 2.47. The molecular weight excluding hydrogens is 411 g/mol. The van der Waals surface area contributed by atoms with Crippen molar-refractivity contribution in [3.05, 3.63) is 59.4 Å². The van der Waals surface area contributed by atoms with Gasteiger partial charge < -0.3 is 4.90 Å². The van der Waals surface area contributed by atoms with E-state index in [-0.39, 0.29) is 23.9 Å². The second-order valence-corrected chi connectivity index (χ2v) is 10.1. The highest BCUT2D eigenvalue weighted by Gasteiger charge is 2.31. The fourth-order valence-electron chi connectivity index (χ4n) is 3.19. The van der Waals surface area contributed by atoms with Crippen molar-refractivity contribution in [1.82, 2.24) is 9.21 Å². The van der Waals surface area contributed by atoms with Crippen LogP contribution in [0.3, 0.4) is 0 Å². The number of hydrogen-bond donors (Lipinski definition) is 0. The average Bonchev–Trinajstić information content (AvgIpc) is 2.71. The molecule has 29 heavy (non-hydrogen) atoms. The van der Waals surface area contributed by atoms with Crippen LogP contribution < -0.4 is 0 Å². The Morgan fingerprint density at radius 2 is 1.72 bits per heavy atom. The minimum Gasteiger partial charge on any atom is -0.340 e. The largest absolute Gasteiger partial charge is 0.340 e. The van der Waals surface area contributed by atoms with Crippen LogP contribution >= 0.6 is 11.8 Å². The summed E-state index contributed by atoms with van der Waals surface area (Å²) < 4.78 is 40.4. The number of thioether (sulfide) groups is 1. The van der Waals surface area contributed by atoms with Crippen LogP contribution in [0.25, 0.3) is 0 Å². The maximum absolute atomic E-state index is 13.9. The van der Waals surface area contributed by atoms with Crippen LogP contribution in [0.2, 0.25) is 0 Å². The van der Waals surface area contributed by atoms with E-state index in [1.165, 1.54) is 33.6 Å². The maximum atomic E-state index is 13.9. The number of piperazine rings is 1. The fourth-order valence-corrected chi connectivity index (χ4v) is 5.61. The molecule has 0 saturated carbocycles. The van der Waals surface area contributed by atoms with Gasteiger partial charge >= 0.3 is 0 Å². The van der Waals surface area contributed by atoms with E-state index in [0.717, 1.165) is 11.0 Å². The van der Waals surface area contributed by atoms with Gasteiger partial charge in [-0.15, -0.1) is 11.8 Å². The molecule has 1 heterocycles. The van der Waals surface area contributed by atoms with Gasteiger partial charge in [0.1, 0.15) is 10.7 Å². The van der Waals surface area contributed by atoms with E-state index in [1.54, 1.807) is 16.7 Å². The van der Waals surface area contributed by atoms with Gasteiger partial charge in [-0.3, -0.25) is 4.79 Å². The van der Waals surface area contributed by atoms with Crippen LogP contribution in [-0.4, -0.2) is 55.5 Å². The Kier molecular flexibility index (Phi) is 6.97. The number of aryl methyl sites for hydroxylation is 2. The highest BCUT2D eigenvalue weighted by molar-refractivity contribution is 7.99. The molecule has 156 valence electrons. The lowest BCUT2D eigenvalue weighted by Gasteiger charge is -2.34. The number of sulfonamides is 1. The van der Waals surface area contributed by atoms with Crippen LogP contribution in [0.5, 0.6) is 0 Å². The average molecular weight is 437 g/mol. The van der Waals surface area contributed by atoms with Gasteiger partial charge in [-0.05, 0) is 49.2 Å². The first-order valence-corrected chi connectivity index (χ1v) is 11.9. The van der Waals surface area contributed by atoms with Crippen molar-refractivity contribution in [3.63, 3.8) is 0 Å². The number of rotatable bonds is 6. The lowest BCUT2D eigenvalue weighted by molar-refractivity contribution is -0.131. The molecule has 1 amide bonds. The normalized spacial score (nSPS) is 15.5. The van der Waals surface area contributed by atoms with Crippen LogP contribution in [0, 0.1) is 19.7 Å². The van der Waals surface area contributed by atoms with Gasteiger partial charge in [0.25, 0.3) is 0 Å². The number of carbonyl (C=O) groups excluding carboxylic acids is 1. The van der Waals surface area contributed by atoms with Crippen molar-refractivity contribution in [3.8, 4) is 0 Å². The van der Waals surface area contributed by atoms with E-state index in [9.17, 15) is 17.6 Å². The maximum Gasteiger partial charge on any atom is 0.246 e. The third kappa shape index (κ3) is 5.18. The summed E-state index contributed by atoms with van der Waals surface area (Å²) >= 11 is 1.64. The Hall–Kier alpha value is -1.90. The summed E-state index contributed by atoms with van der Waals surface area (Å²) in [6.45, 7) is 5.12. The summed E-state index contributed by atoms with van der Waals surface area (Å²) in [6, 6.07) is 11.6. The molecule has 5 nitrogen and oxygen atoms in total. The van der Waals surface area contributed by atoms with E-state index < -0.39 is 15.8 Å². The monoisotopic (exact) mass is 436 g/mol. The van der Waals surface area contributed by atoms with Gasteiger partial charge in [-0.25, -0.2) is 12.8 Å². The summed E-state index contributed by atoms with van der Waals surface area (Å²) in [5.74, 6) is -0.0617. The van der Waals surface area contributed by atoms with Crippen molar-refractivity contribution >= 4 is 27.7 Å². The number of carbonyl (C=O) groups is 1. The predicted molar refractivity (Wildman–Crippen MR) is 113 cm³/mol. The van der Waals surface area contributed by atoms with Crippen LogP contribution in [0.15, 0.2) is 52.3 Å². The number of amides is 1. The number of halogens is 1. The quantitative estimate of drug-likeness (QED) is 0.651. The third-order valence-electron chi connectivity index (χ3n) is 5.11. The molecule has 3 rings (SSSR count). The molecule has 1 saturated heterocycles. The zero-order valence-corrected chi connectivity index (χ0v) is 18.2. The Bertz CT molecular complexity index is 987. The Labute approximate surface area is 175 Å². The Balaban J connectivity index is 1.50. The minimum absolute atomic E-state index is 0.0178. The standard InChI is InChI=1S/C21H25FN2O3S2/c1-16-7-8-18(15-17(16)2)28-14-9-21(25)23-10-12-24(13-11-23)29(26,27)20-6-4-3-5-19(20)22/h3-8,15H,9-14H2,1-2H3. The first-order valence-electron chi connectivity index (χ1n) is 9.51.